The van der Waals surface area contributed by atoms with E-state index in [1.807, 2.05) is 11.3 Å². The van der Waals surface area contributed by atoms with E-state index in [4.69, 9.17) is 4.74 Å². The first-order valence-corrected chi connectivity index (χ1v) is 12.8. The molecule has 2 unspecified atom stereocenters. The van der Waals surface area contributed by atoms with Gasteiger partial charge in [-0.3, -0.25) is 9.88 Å². The summed E-state index contributed by atoms with van der Waals surface area (Å²) >= 11 is 1.88. The van der Waals surface area contributed by atoms with Crippen molar-refractivity contribution >= 4 is 11.3 Å². The molecule has 0 saturated carbocycles. The Morgan fingerprint density at radius 1 is 1.16 bits per heavy atom. The second kappa shape index (κ2) is 8.74. The Balaban J connectivity index is 1.47. The zero-order valence-corrected chi connectivity index (χ0v) is 20.3. The molecule has 0 radical (unpaired) electrons. The van der Waals surface area contributed by atoms with Gasteiger partial charge in [-0.25, -0.2) is 0 Å². The number of fused-ring (bicyclic) bond motifs is 1. The molecule has 0 N–H and O–H groups in total. The molecule has 3 nitrogen and oxygen atoms in total. The highest BCUT2D eigenvalue weighted by molar-refractivity contribution is 7.09. The lowest BCUT2D eigenvalue weighted by Gasteiger charge is -2.43. The minimum Gasteiger partial charge on any atom is -0.373 e. The minimum atomic E-state index is -0.0560. The lowest BCUT2D eigenvalue weighted by atomic mass is 9.72. The van der Waals surface area contributed by atoms with E-state index < -0.39 is 0 Å². The maximum Gasteiger partial charge on any atom is 0.0896 e. The predicted molar refractivity (Wildman–Crippen MR) is 132 cm³/mol. The number of aryl methyl sites for hydroxylation is 2. The molecule has 0 spiro atoms. The first-order chi connectivity index (χ1) is 15.5. The van der Waals surface area contributed by atoms with Crippen LogP contribution in [0.25, 0.3) is 0 Å². The first kappa shape index (κ1) is 21.8. The molecule has 2 aliphatic rings. The van der Waals surface area contributed by atoms with Gasteiger partial charge in [-0.15, -0.1) is 11.3 Å². The Labute approximate surface area is 196 Å². The van der Waals surface area contributed by atoms with Gasteiger partial charge in [-0.05, 0) is 87.2 Å². The molecule has 1 aromatic carbocycles. The molecule has 1 fully saturated rings. The molecule has 2 aromatic heterocycles. The van der Waals surface area contributed by atoms with E-state index >= 15 is 0 Å². The Bertz CT molecular complexity index is 1040. The molecule has 0 amide bonds. The third-order valence-corrected chi connectivity index (χ3v) is 8.73. The fourth-order valence-corrected chi connectivity index (χ4v) is 6.37. The molecule has 5 rings (SSSR count). The van der Waals surface area contributed by atoms with Crippen molar-refractivity contribution in [2.75, 3.05) is 19.7 Å². The number of benzene rings is 1. The fraction of sp³-hybridized carbons (Fsp3) is 0.464. The van der Waals surface area contributed by atoms with Crippen LogP contribution in [0.1, 0.15) is 60.1 Å². The van der Waals surface area contributed by atoms with Crippen molar-refractivity contribution in [3.63, 3.8) is 0 Å². The minimum absolute atomic E-state index is 0.0560. The molecule has 0 bridgehead atoms. The third-order valence-electron chi connectivity index (χ3n) is 7.79. The SMILES string of the molecule is Cc1ccc(C(C)(C)N2CCC(CCc3cccs3)(C3OCCc4ccccc43)C2)cn1. The molecular weight excluding hydrogens is 412 g/mol. The van der Waals surface area contributed by atoms with Crippen molar-refractivity contribution < 1.29 is 4.74 Å². The summed E-state index contributed by atoms with van der Waals surface area (Å²) in [4.78, 5) is 8.75. The lowest BCUT2D eigenvalue weighted by Crippen LogP contribution is -2.43. The molecular formula is C28H34N2OS. The number of pyridine rings is 1. The van der Waals surface area contributed by atoms with Gasteiger partial charge in [0.1, 0.15) is 0 Å². The van der Waals surface area contributed by atoms with E-state index in [-0.39, 0.29) is 17.1 Å². The average molecular weight is 447 g/mol. The zero-order chi connectivity index (χ0) is 22.2. The summed E-state index contributed by atoms with van der Waals surface area (Å²) in [5.74, 6) is 0. The summed E-state index contributed by atoms with van der Waals surface area (Å²) in [6.07, 6.45) is 6.71. The van der Waals surface area contributed by atoms with Crippen LogP contribution < -0.4 is 0 Å². The van der Waals surface area contributed by atoms with Gasteiger partial charge in [0.2, 0.25) is 0 Å². The van der Waals surface area contributed by atoms with Crippen LogP contribution in [-0.2, 0) is 23.1 Å². The number of likely N-dealkylation sites (tertiary alicyclic amines) is 1. The smallest absolute Gasteiger partial charge is 0.0896 e. The quantitative estimate of drug-likeness (QED) is 0.443. The molecule has 4 heterocycles. The summed E-state index contributed by atoms with van der Waals surface area (Å²) in [6.45, 7) is 9.73. The molecule has 32 heavy (non-hydrogen) atoms. The van der Waals surface area contributed by atoms with E-state index in [0.717, 1.165) is 44.7 Å². The van der Waals surface area contributed by atoms with Gasteiger partial charge in [0.05, 0.1) is 12.7 Å². The standard InChI is InChI=1S/C28H34N2OS/c1-21-10-11-23(19-29-21)27(2,3)30-16-15-28(20-30,14-12-24-8-6-18-32-24)26-25-9-5-4-7-22(25)13-17-31-26/h4-11,18-19,26H,12-17,20H2,1-3H3. The molecule has 168 valence electrons. The van der Waals surface area contributed by atoms with Gasteiger partial charge >= 0.3 is 0 Å². The third kappa shape index (κ3) is 4.05. The lowest BCUT2D eigenvalue weighted by molar-refractivity contribution is -0.0561. The first-order valence-electron chi connectivity index (χ1n) is 11.9. The average Bonchev–Trinajstić information content (AvgIpc) is 3.49. The monoisotopic (exact) mass is 446 g/mol. The van der Waals surface area contributed by atoms with E-state index in [0.29, 0.717) is 0 Å². The maximum absolute atomic E-state index is 6.61. The topological polar surface area (TPSA) is 25.4 Å². The van der Waals surface area contributed by atoms with E-state index in [9.17, 15) is 0 Å². The Hall–Kier alpha value is -2.01. The van der Waals surface area contributed by atoms with Gasteiger partial charge in [-0.1, -0.05) is 36.4 Å². The second-order valence-corrected chi connectivity index (χ2v) is 11.1. The van der Waals surface area contributed by atoms with Crippen LogP contribution in [0.3, 0.4) is 0 Å². The number of rotatable bonds is 6. The van der Waals surface area contributed by atoms with Crippen LogP contribution in [0.4, 0.5) is 0 Å². The molecule has 4 heteroatoms. The Morgan fingerprint density at radius 2 is 2.03 bits per heavy atom. The zero-order valence-electron chi connectivity index (χ0n) is 19.5. The molecule has 2 aliphatic heterocycles. The summed E-state index contributed by atoms with van der Waals surface area (Å²) in [5.41, 5.74) is 5.32. The molecule has 0 aliphatic carbocycles. The Morgan fingerprint density at radius 3 is 2.81 bits per heavy atom. The van der Waals surface area contributed by atoms with Crippen molar-refractivity contribution in [2.24, 2.45) is 5.41 Å². The summed E-state index contributed by atoms with van der Waals surface area (Å²) in [5, 5.41) is 2.20. The Kier molecular flexibility index (Phi) is 5.96. The van der Waals surface area contributed by atoms with Gasteiger partial charge in [0, 0.05) is 34.3 Å². The highest BCUT2D eigenvalue weighted by atomic mass is 32.1. The van der Waals surface area contributed by atoms with E-state index in [1.54, 1.807) is 0 Å². The van der Waals surface area contributed by atoms with Crippen LogP contribution in [-0.4, -0.2) is 29.6 Å². The highest BCUT2D eigenvalue weighted by Crippen LogP contribution is 2.52. The van der Waals surface area contributed by atoms with Gasteiger partial charge in [-0.2, -0.15) is 0 Å². The number of hydrogen-bond acceptors (Lipinski definition) is 4. The van der Waals surface area contributed by atoms with Crippen LogP contribution >= 0.6 is 11.3 Å². The number of nitrogens with zero attached hydrogens (tertiary/aromatic N) is 2. The van der Waals surface area contributed by atoms with Crippen LogP contribution in [0.5, 0.6) is 0 Å². The molecule has 1 saturated heterocycles. The fourth-order valence-electron chi connectivity index (χ4n) is 5.66. The van der Waals surface area contributed by atoms with Crippen molar-refractivity contribution in [2.45, 2.75) is 58.1 Å². The molecule has 2 atom stereocenters. The van der Waals surface area contributed by atoms with Crippen molar-refractivity contribution in [3.05, 3.63) is 87.4 Å². The maximum atomic E-state index is 6.61. The van der Waals surface area contributed by atoms with Crippen molar-refractivity contribution in [1.29, 1.82) is 0 Å². The van der Waals surface area contributed by atoms with Crippen LogP contribution in [0.2, 0.25) is 0 Å². The number of hydrogen-bond donors (Lipinski definition) is 0. The second-order valence-electron chi connectivity index (χ2n) is 10.1. The number of thiophene rings is 1. The summed E-state index contributed by atoms with van der Waals surface area (Å²) < 4.78 is 6.61. The van der Waals surface area contributed by atoms with Crippen LogP contribution in [0.15, 0.2) is 60.1 Å². The van der Waals surface area contributed by atoms with Gasteiger partial charge < -0.3 is 4.74 Å². The van der Waals surface area contributed by atoms with E-state index in [1.165, 1.54) is 28.0 Å². The van der Waals surface area contributed by atoms with Crippen molar-refractivity contribution in [3.8, 4) is 0 Å². The number of aromatic nitrogens is 1. The molecule has 3 aromatic rings. The largest absolute Gasteiger partial charge is 0.373 e. The van der Waals surface area contributed by atoms with Crippen LogP contribution in [0, 0.1) is 12.3 Å². The number of ether oxygens (including phenoxy) is 1. The van der Waals surface area contributed by atoms with Crippen molar-refractivity contribution in [1.82, 2.24) is 9.88 Å². The van der Waals surface area contributed by atoms with Gasteiger partial charge in [0.15, 0.2) is 0 Å². The summed E-state index contributed by atoms with van der Waals surface area (Å²) in [6, 6.07) is 17.8. The highest BCUT2D eigenvalue weighted by Gasteiger charge is 2.50. The van der Waals surface area contributed by atoms with Gasteiger partial charge in [0.25, 0.3) is 0 Å². The summed E-state index contributed by atoms with van der Waals surface area (Å²) in [7, 11) is 0. The normalized spacial score (nSPS) is 23.9. The van der Waals surface area contributed by atoms with E-state index in [2.05, 4.69) is 90.8 Å². The predicted octanol–water partition coefficient (Wildman–Crippen LogP) is 6.33.